The molecule has 0 bridgehead atoms. The van der Waals surface area contributed by atoms with Crippen LogP contribution in [0.5, 0.6) is 0 Å². The number of rotatable bonds is 6. The lowest BCUT2D eigenvalue weighted by Crippen LogP contribution is -2.38. The standard InChI is InChI=1S/C22H31N5O/c1-25-11-9-24-21(25)16-27-10-7-18-12-20(13-19(18)15-27)26(2)22(28)6-5-17-4-3-8-23-14-17/h3-4,8-9,11,14,18-20H,5-7,10,12-13,15-16H2,1-2H3/t18-,19-,20+/m1/s1. The van der Waals surface area contributed by atoms with Crippen LogP contribution in [0.1, 0.15) is 37.1 Å². The number of imidazole rings is 1. The second-order valence-electron chi connectivity index (χ2n) is 8.49. The highest BCUT2D eigenvalue weighted by atomic mass is 16.2. The van der Waals surface area contributed by atoms with Crippen molar-refractivity contribution in [3.63, 3.8) is 0 Å². The lowest BCUT2D eigenvalue weighted by atomic mass is 9.89. The zero-order valence-corrected chi connectivity index (χ0v) is 17.0. The molecular weight excluding hydrogens is 350 g/mol. The summed E-state index contributed by atoms with van der Waals surface area (Å²) in [5.74, 6) is 2.86. The van der Waals surface area contributed by atoms with Gasteiger partial charge in [0.1, 0.15) is 5.82 Å². The molecule has 0 aromatic carbocycles. The predicted octanol–water partition coefficient (Wildman–Crippen LogP) is 2.51. The van der Waals surface area contributed by atoms with E-state index in [9.17, 15) is 4.79 Å². The smallest absolute Gasteiger partial charge is 0.222 e. The fourth-order valence-electron chi connectivity index (χ4n) is 4.91. The van der Waals surface area contributed by atoms with Crippen LogP contribution in [0.3, 0.4) is 0 Å². The summed E-state index contributed by atoms with van der Waals surface area (Å²) in [7, 11) is 4.06. The van der Waals surface area contributed by atoms with E-state index >= 15 is 0 Å². The Bertz CT molecular complexity index is 789. The van der Waals surface area contributed by atoms with Gasteiger partial charge in [-0.05, 0) is 55.7 Å². The summed E-state index contributed by atoms with van der Waals surface area (Å²) in [5, 5.41) is 0. The Morgan fingerprint density at radius 2 is 2.14 bits per heavy atom. The maximum absolute atomic E-state index is 12.7. The molecule has 2 aromatic heterocycles. The van der Waals surface area contributed by atoms with Crippen molar-refractivity contribution in [1.29, 1.82) is 0 Å². The summed E-state index contributed by atoms with van der Waals surface area (Å²) in [5.41, 5.74) is 1.13. The third-order valence-electron chi connectivity index (χ3n) is 6.70. The van der Waals surface area contributed by atoms with E-state index in [1.165, 1.54) is 6.42 Å². The van der Waals surface area contributed by atoms with Gasteiger partial charge < -0.3 is 9.47 Å². The first kappa shape index (κ1) is 19.1. The number of carbonyl (C=O) groups excluding carboxylic acids is 1. The van der Waals surface area contributed by atoms with Crippen molar-refractivity contribution in [2.45, 2.75) is 44.7 Å². The zero-order chi connectivity index (χ0) is 19.5. The molecule has 1 aliphatic carbocycles. The Hall–Kier alpha value is -2.21. The van der Waals surface area contributed by atoms with Gasteiger partial charge in [-0.15, -0.1) is 0 Å². The van der Waals surface area contributed by atoms with Gasteiger partial charge in [0.2, 0.25) is 5.91 Å². The minimum Gasteiger partial charge on any atom is -0.343 e. The molecule has 0 unspecified atom stereocenters. The van der Waals surface area contributed by atoms with Gasteiger partial charge in [0, 0.05) is 57.9 Å². The van der Waals surface area contributed by atoms with Gasteiger partial charge in [-0.3, -0.25) is 14.7 Å². The number of aromatic nitrogens is 3. The number of amides is 1. The molecule has 1 aliphatic heterocycles. The highest BCUT2D eigenvalue weighted by Crippen LogP contribution is 2.40. The third kappa shape index (κ3) is 4.27. The van der Waals surface area contributed by atoms with Gasteiger partial charge in [-0.25, -0.2) is 4.98 Å². The van der Waals surface area contributed by atoms with Crippen molar-refractivity contribution in [3.05, 3.63) is 48.3 Å². The van der Waals surface area contributed by atoms with E-state index in [0.717, 1.165) is 56.2 Å². The number of hydrogen-bond acceptors (Lipinski definition) is 4. The summed E-state index contributed by atoms with van der Waals surface area (Å²) in [6.07, 6.45) is 12.4. The summed E-state index contributed by atoms with van der Waals surface area (Å²) < 4.78 is 2.11. The first-order valence-corrected chi connectivity index (χ1v) is 10.4. The first-order chi connectivity index (χ1) is 13.6. The largest absolute Gasteiger partial charge is 0.343 e. The number of nitrogens with zero attached hydrogens (tertiary/aromatic N) is 5. The summed E-state index contributed by atoms with van der Waals surface area (Å²) >= 11 is 0. The zero-order valence-electron chi connectivity index (χ0n) is 17.0. The van der Waals surface area contributed by atoms with Crippen LogP contribution in [0.4, 0.5) is 0 Å². The van der Waals surface area contributed by atoms with Crippen LogP contribution in [0.15, 0.2) is 36.9 Å². The molecule has 3 heterocycles. The maximum Gasteiger partial charge on any atom is 0.222 e. The highest BCUT2D eigenvalue weighted by molar-refractivity contribution is 5.76. The molecule has 1 saturated carbocycles. The first-order valence-electron chi connectivity index (χ1n) is 10.4. The molecule has 6 heteroatoms. The van der Waals surface area contributed by atoms with Crippen molar-refractivity contribution < 1.29 is 4.79 Å². The van der Waals surface area contributed by atoms with Crippen molar-refractivity contribution in [3.8, 4) is 0 Å². The number of piperidine rings is 1. The topological polar surface area (TPSA) is 54.3 Å². The highest BCUT2D eigenvalue weighted by Gasteiger charge is 2.40. The molecular formula is C22H31N5O. The van der Waals surface area contributed by atoms with Crippen molar-refractivity contribution in [1.82, 2.24) is 24.3 Å². The van der Waals surface area contributed by atoms with E-state index in [-0.39, 0.29) is 5.91 Å². The van der Waals surface area contributed by atoms with Gasteiger partial charge in [0.05, 0.1) is 6.54 Å². The minimum absolute atomic E-state index is 0.261. The Balaban J connectivity index is 1.28. The van der Waals surface area contributed by atoms with E-state index in [4.69, 9.17) is 0 Å². The lowest BCUT2D eigenvalue weighted by molar-refractivity contribution is -0.131. The van der Waals surface area contributed by atoms with Crippen LogP contribution in [0.25, 0.3) is 0 Å². The molecule has 28 heavy (non-hydrogen) atoms. The molecule has 1 amide bonds. The number of aryl methyl sites for hydroxylation is 2. The lowest BCUT2D eigenvalue weighted by Gasteiger charge is -2.34. The molecule has 4 rings (SSSR count). The number of carbonyl (C=O) groups is 1. The van der Waals surface area contributed by atoms with Crippen molar-refractivity contribution >= 4 is 5.91 Å². The molecule has 1 saturated heterocycles. The second-order valence-corrected chi connectivity index (χ2v) is 8.49. The van der Waals surface area contributed by atoms with Gasteiger partial charge >= 0.3 is 0 Å². The SMILES string of the molecule is CN(C(=O)CCc1cccnc1)[C@H]1C[C@H]2CCN(Cc3nccn3C)C[C@H]2C1. The van der Waals surface area contributed by atoms with E-state index < -0.39 is 0 Å². The molecule has 6 nitrogen and oxygen atoms in total. The van der Waals surface area contributed by atoms with Gasteiger partial charge in [0.25, 0.3) is 0 Å². The molecule has 0 spiro atoms. The van der Waals surface area contributed by atoms with Crippen LogP contribution in [-0.4, -0.2) is 56.4 Å². The van der Waals surface area contributed by atoms with Crippen LogP contribution in [0, 0.1) is 11.8 Å². The Morgan fingerprint density at radius 1 is 1.29 bits per heavy atom. The van der Waals surface area contributed by atoms with Crippen LogP contribution in [0.2, 0.25) is 0 Å². The minimum atomic E-state index is 0.261. The Kier molecular flexibility index (Phi) is 5.76. The number of likely N-dealkylation sites (tertiary alicyclic amines) is 1. The maximum atomic E-state index is 12.7. The fraction of sp³-hybridized carbons (Fsp3) is 0.591. The molecule has 0 N–H and O–H groups in total. The van der Waals surface area contributed by atoms with Crippen molar-refractivity contribution in [2.75, 3.05) is 20.1 Å². The third-order valence-corrected chi connectivity index (χ3v) is 6.70. The van der Waals surface area contributed by atoms with Gasteiger partial charge in [0.15, 0.2) is 0 Å². The molecule has 2 aliphatic rings. The van der Waals surface area contributed by atoms with E-state index in [0.29, 0.717) is 18.4 Å². The molecule has 2 aromatic rings. The van der Waals surface area contributed by atoms with E-state index in [1.807, 2.05) is 42.7 Å². The van der Waals surface area contributed by atoms with E-state index in [2.05, 4.69) is 26.5 Å². The summed E-state index contributed by atoms with van der Waals surface area (Å²) in [6.45, 7) is 3.20. The van der Waals surface area contributed by atoms with Gasteiger partial charge in [-0.2, -0.15) is 0 Å². The molecule has 150 valence electrons. The summed E-state index contributed by atoms with van der Waals surface area (Å²) in [6, 6.07) is 4.37. The Labute approximate surface area is 167 Å². The average Bonchev–Trinajstić information content (AvgIpc) is 3.32. The second kappa shape index (κ2) is 8.43. The van der Waals surface area contributed by atoms with Crippen LogP contribution < -0.4 is 0 Å². The Morgan fingerprint density at radius 3 is 2.89 bits per heavy atom. The van der Waals surface area contributed by atoms with Crippen molar-refractivity contribution in [2.24, 2.45) is 18.9 Å². The molecule has 2 fully saturated rings. The molecule has 3 atom stereocenters. The average molecular weight is 382 g/mol. The summed E-state index contributed by atoms with van der Waals surface area (Å²) in [4.78, 5) is 25.9. The van der Waals surface area contributed by atoms with E-state index in [1.54, 1.807) is 6.20 Å². The van der Waals surface area contributed by atoms with Gasteiger partial charge in [-0.1, -0.05) is 6.07 Å². The van der Waals surface area contributed by atoms with Crippen LogP contribution >= 0.6 is 0 Å². The fourth-order valence-corrected chi connectivity index (χ4v) is 4.91. The number of fused-ring (bicyclic) bond motifs is 1. The molecule has 0 radical (unpaired) electrons. The quantitative estimate of drug-likeness (QED) is 0.772. The predicted molar refractivity (Wildman–Crippen MR) is 108 cm³/mol. The number of hydrogen-bond donors (Lipinski definition) is 0. The number of pyridine rings is 1. The monoisotopic (exact) mass is 381 g/mol. The van der Waals surface area contributed by atoms with Crippen LogP contribution in [-0.2, 0) is 24.8 Å². The normalized spacial score (nSPS) is 24.9.